The van der Waals surface area contributed by atoms with E-state index < -0.39 is 11.9 Å². The Morgan fingerprint density at radius 2 is 2.15 bits per heavy atom. The van der Waals surface area contributed by atoms with Crippen molar-refractivity contribution >= 4 is 11.9 Å². The fraction of sp³-hybridized carbons (Fsp3) is 0.143. The Labute approximate surface area is 74.1 Å². The maximum absolute atomic E-state index is 11.2. The minimum absolute atomic E-state index is 0.147. The Balaban J connectivity index is 2.59. The summed E-state index contributed by atoms with van der Waals surface area (Å²) >= 11 is 0. The van der Waals surface area contributed by atoms with Crippen molar-refractivity contribution in [2.45, 2.75) is 6.92 Å². The first-order valence-corrected chi connectivity index (χ1v) is 3.51. The van der Waals surface area contributed by atoms with Crippen molar-refractivity contribution in [2.24, 2.45) is 5.73 Å². The molecule has 1 aromatic rings. The van der Waals surface area contributed by atoms with Gasteiger partial charge in [0.25, 0.3) is 0 Å². The van der Waals surface area contributed by atoms with Crippen LogP contribution in [-0.2, 0) is 0 Å². The lowest BCUT2D eigenvalue weighted by Gasteiger charge is -2.02. The maximum atomic E-state index is 11.2. The van der Waals surface area contributed by atoms with Gasteiger partial charge in [0.15, 0.2) is 5.76 Å². The van der Waals surface area contributed by atoms with Gasteiger partial charge in [0.2, 0.25) is 0 Å². The molecule has 0 spiro atoms. The van der Waals surface area contributed by atoms with E-state index in [-0.39, 0.29) is 5.76 Å². The lowest BCUT2D eigenvalue weighted by atomic mass is 10.3. The second-order valence-electron chi connectivity index (χ2n) is 2.38. The Bertz CT molecular complexity index is 331. The van der Waals surface area contributed by atoms with E-state index in [0.29, 0.717) is 5.56 Å². The molecule has 0 aliphatic heterocycles. The van der Waals surface area contributed by atoms with Crippen LogP contribution in [-0.4, -0.2) is 11.9 Å². The van der Waals surface area contributed by atoms with Gasteiger partial charge in [0.1, 0.15) is 0 Å². The van der Waals surface area contributed by atoms with E-state index in [2.05, 4.69) is 5.43 Å². The highest BCUT2D eigenvalue weighted by Crippen LogP contribution is 2.07. The van der Waals surface area contributed by atoms with Gasteiger partial charge in [-0.05, 0) is 13.0 Å². The van der Waals surface area contributed by atoms with Gasteiger partial charge in [0.05, 0.1) is 6.26 Å². The average Bonchev–Trinajstić information content (AvgIpc) is 2.47. The summed E-state index contributed by atoms with van der Waals surface area (Å²) in [5, 5.41) is 0. The maximum Gasteiger partial charge on any atom is 0.330 e. The number of hydrogen-bond donors (Lipinski definition) is 3. The molecule has 0 unspecified atom stereocenters. The predicted molar refractivity (Wildman–Crippen MR) is 43.6 cm³/mol. The number of carbonyl (C=O) groups is 2. The van der Waals surface area contributed by atoms with E-state index in [1.165, 1.54) is 6.26 Å². The molecular formula is C7H9N3O3. The standard InChI is InChI=1S/C7H9N3O3/c1-4-2-3-13-5(4)6(11)9-10-7(8)12/h2-3H,1H3,(H,9,11)(H3,8,10,12). The van der Waals surface area contributed by atoms with Crippen LogP contribution in [0, 0.1) is 6.92 Å². The van der Waals surface area contributed by atoms with Crippen LogP contribution in [0.15, 0.2) is 16.7 Å². The van der Waals surface area contributed by atoms with Crippen molar-refractivity contribution in [1.29, 1.82) is 0 Å². The average molecular weight is 183 g/mol. The van der Waals surface area contributed by atoms with E-state index in [4.69, 9.17) is 10.2 Å². The van der Waals surface area contributed by atoms with Gasteiger partial charge in [-0.3, -0.25) is 10.2 Å². The predicted octanol–water partition coefficient (Wildman–Crippen LogP) is -0.0989. The number of furan rings is 1. The molecule has 1 heterocycles. The second kappa shape index (κ2) is 3.61. The summed E-state index contributed by atoms with van der Waals surface area (Å²) in [4.78, 5) is 21.4. The van der Waals surface area contributed by atoms with E-state index >= 15 is 0 Å². The van der Waals surface area contributed by atoms with E-state index in [1.807, 2.05) is 5.43 Å². The molecule has 6 heteroatoms. The summed E-state index contributed by atoms with van der Waals surface area (Å²) in [5.41, 5.74) is 9.43. The summed E-state index contributed by atoms with van der Waals surface area (Å²) < 4.78 is 4.85. The summed E-state index contributed by atoms with van der Waals surface area (Å²) in [6, 6.07) is 0.802. The van der Waals surface area contributed by atoms with Crippen molar-refractivity contribution in [3.05, 3.63) is 23.7 Å². The summed E-state index contributed by atoms with van der Waals surface area (Å²) in [5.74, 6) is -0.393. The van der Waals surface area contributed by atoms with Crippen LogP contribution in [0.5, 0.6) is 0 Å². The molecule has 0 saturated heterocycles. The Morgan fingerprint density at radius 3 is 2.62 bits per heavy atom. The molecule has 4 N–H and O–H groups in total. The molecule has 0 bridgehead atoms. The molecule has 1 rings (SSSR count). The van der Waals surface area contributed by atoms with Crippen molar-refractivity contribution in [3.63, 3.8) is 0 Å². The molecule has 0 aliphatic rings. The largest absolute Gasteiger partial charge is 0.459 e. The highest BCUT2D eigenvalue weighted by molar-refractivity contribution is 5.93. The van der Waals surface area contributed by atoms with Gasteiger partial charge < -0.3 is 10.2 Å². The van der Waals surface area contributed by atoms with Gasteiger partial charge in [-0.2, -0.15) is 0 Å². The van der Waals surface area contributed by atoms with Gasteiger partial charge in [0, 0.05) is 5.56 Å². The number of nitrogens with one attached hydrogen (secondary N) is 2. The van der Waals surface area contributed by atoms with Gasteiger partial charge in [-0.1, -0.05) is 0 Å². The molecule has 13 heavy (non-hydrogen) atoms. The van der Waals surface area contributed by atoms with Crippen molar-refractivity contribution in [2.75, 3.05) is 0 Å². The molecule has 0 radical (unpaired) electrons. The van der Waals surface area contributed by atoms with Crippen molar-refractivity contribution in [1.82, 2.24) is 10.9 Å². The first-order chi connectivity index (χ1) is 6.11. The second-order valence-corrected chi connectivity index (χ2v) is 2.38. The third-order valence-corrected chi connectivity index (χ3v) is 1.37. The highest BCUT2D eigenvalue weighted by atomic mass is 16.3. The van der Waals surface area contributed by atoms with Crippen LogP contribution in [0.1, 0.15) is 16.1 Å². The lowest BCUT2D eigenvalue weighted by molar-refractivity contribution is 0.0908. The smallest absolute Gasteiger partial charge is 0.330 e. The van der Waals surface area contributed by atoms with Crippen LogP contribution in [0.2, 0.25) is 0 Å². The fourth-order valence-corrected chi connectivity index (χ4v) is 0.780. The third kappa shape index (κ3) is 2.22. The number of carbonyl (C=O) groups excluding carboxylic acids is 2. The number of urea groups is 1. The number of rotatable bonds is 1. The first kappa shape index (κ1) is 9.11. The van der Waals surface area contributed by atoms with Gasteiger partial charge in [-0.15, -0.1) is 0 Å². The van der Waals surface area contributed by atoms with Gasteiger partial charge >= 0.3 is 11.9 Å². The lowest BCUT2D eigenvalue weighted by Crippen LogP contribution is -2.44. The monoisotopic (exact) mass is 183 g/mol. The van der Waals surface area contributed by atoms with E-state index in [1.54, 1.807) is 13.0 Å². The Kier molecular flexibility index (Phi) is 2.53. The summed E-state index contributed by atoms with van der Waals surface area (Å²) in [6.07, 6.45) is 1.38. The molecular weight excluding hydrogens is 174 g/mol. The highest BCUT2D eigenvalue weighted by Gasteiger charge is 2.11. The summed E-state index contributed by atoms with van der Waals surface area (Å²) in [7, 11) is 0. The van der Waals surface area contributed by atoms with E-state index in [0.717, 1.165) is 0 Å². The number of aryl methyl sites for hydroxylation is 1. The molecule has 6 nitrogen and oxygen atoms in total. The van der Waals surface area contributed by atoms with Gasteiger partial charge in [-0.25, -0.2) is 10.2 Å². The quantitative estimate of drug-likeness (QED) is 0.530. The molecule has 0 atom stereocenters. The molecule has 0 saturated carbocycles. The SMILES string of the molecule is Cc1ccoc1C(=O)NNC(N)=O. The van der Waals surface area contributed by atoms with E-state index in [9.17, 15) is 9.59 Å². The molecule has 3 amide bonds. The summed E-state index contributed by atoms with van der Waals surface area (Å²) in [6.45, 7) is 1.71. The normalized spacial score (nSPS) is 9.31. The number of hydrogen-bond acceptors (Lipinski definition) is 3. The van der Waals surface area contributed by atoms with Crippen LogP contribution >= 0.6 is 0 Å². The van der Waals surface area contributed by atoms with Crippen LogP contribution in [0.3, 0.4) is 0 Å². The first-order valence-electron chi connectivity index (χ1n) is 3.51. The van der Waals surface area contributed by atoms with Crippen LogP contribution in [0.4, 0.5) is 4.79 Å². The molecule has 0 fully saturated rings. The number of nitrogens with two attached hydrogens (primary N) is 1. The Morgan fingerprint density at radius 1 is 1.46 bits per heavy atom. The molecule has 0 aromatic carbocycles. The van der Waals surface area contributed by atoms with Crippen molar-refractivity contribution in [3.8, 4) is 0 Å². The zero-order valence-electron chi connectivity index (χ0n) is 6.96. The zero-order valence-corrected chi connectivity index (χ0v) is 6.96. The van der Waals surface area contributed by atoms with Crippen LogP contribution in [0.25, 0.3) is 0 Å². The molecule has 70 valence electrons. The third-order valence-electron chi connectivity index (χ3n) is 1.37. The fourth-order valence-electron chi connectivity index (χ4n) is 0.780. The Hall–Kier alpha value is -1.98. The number of primary amides is 1. The number of amides is 3. The van der Waals surface area contributed by atoms with Crippen LogP contribution < -0.4 is 16.6 Å². The topological polar surface area (TPSA) is 97.4 Å². The molecule has 1 aromatic heterocycles. The minimum Gasteiger partial charge on any atom is -0.459 e. The number of hydrazine groups is 1. The zero-order chi connectivity index (χ0) is 9.84. The van der Waals surface area contributed by atoms with Crippen molar-refractivity contribution < 1.29 is 14.0 Å². The molecule has 0 aliphatic carbocycles. The minimum atomic E-state index is -0.836.